The molecule has 0 heterocycles. The lowest BCUT2D eigenvalue weighted by Gasteiger charge is -2.17. The molecule has 2 N–H and O–H groups in total. The fourth-order valence-electron chi connectivity index (χ4n) is 1.96. The largest absolute Gasteiger partial charge is 0.370 e. The van der Waals surface area contributed by atoms with Gasteiger partial charge < -0.3 is 10.6 Å². The summed E-state index contributed by atoms with van der Waals surface area (Å²) in [4.78, 5) is 6.27. The molecular weight excluding hydrogens is 314 g/mol. The van der Waals surface area contributed by atoms with Crippen LogP contribution in [0.15, 0.2) is 27.7 Å². The number of nitrogens with zero attached hydrogens (tertiary/aromatic N) is 2. The van der Waals surface area contributed by atoms with Crippen LogP contribution in [0.5, 0.6) is 0 Å². The van der Waals surface area contributed by atoms with Crippen LogP contribution >= 0.6 is 27.5 Å². The van der Waals surface area contributed by atoms with Crippen LogP contribution in [0.4, 0.5) is 0 Å². The minimum Gasteiger partial charge on any atom is -0.370 e. The molecule has 1 fully saturated rings. The first-order valence-corrected chi connectivity index (χ1v) is 7.04. The standard InChI is InChI=1S/C13H17BrClN3/c1-18(2)12(16)17-8-13(5-6-13)10-4-3-9(14)7-11(10)15/h3-4,7H,5-6,8H2,1-2H3,(H2,16,17). The second kappa shape index (κ2) is 5.10. The van der Waals surface area contributed by atoms with Crippen molar-refractivity contribution in [2.75, 3.05) is 20.6 Å². The summed E-state index contributed by atoms with van der Waals surface area (Å²) < 4.78 is 1.00. The molecule has 0 amide bonds. The van der Waals surface area contributed by atoms with Gasteiger partial charge in [0, 0.05) is 29.0 Å². The Kier molecular flexibility index (Phi) is 3.87. The highest BCUT2D eigenvalue weighted by atomic mass is 79.9. The summed E-state index contributed by atoms with van der Waals surface area (Å²) >= 11 is 9.74. The minimum atomic E-state index is 0.0956. The van der Waals surface area contributed by atoms with Gasteiger partial charge in [0.25, 0.3) is 0 Å². The summed E-state index contributed by atoms with van der Waals surface area (Å²) in [5, 5.41) is 0.806. The van der Waals surface area contributed by atoms with E-state index in [1.165, 1.54) is 5.56 Å². The molecule has 3 nitrogen and oxygen atoms in total. The predicted molar refractivity (Wildman–Crippen MR) is 80.2 cm³/mol. The molecule has 98 valence electrons. The number of hydrogen-bond donors (Lipinski definition) is 1. The third-order valence-electron chi connectivity index (χ3n) is 3.36. The van der Waals surface area contributed by atoms with Gasteiger partial charge in [-0.25, -0.2) is 0 Å². The van der Waals surface area contributed by atoms with Crippen LogP contribution in [0.2, 0.25) is 5.02 Å². The van der Waals surface area contributed by atoms with Crippen LogP contribution < -0.4 is 5.73 Å². The molecule has 0 atom stereocenters. The first-order valence-electron chi connectivity index (χ1n) is 5.87. The lowest BCUT2D eigenvalue weighted by Crippen LogP contribution is -2.31. The lowest BCUT2D eigenvalue weighted by atomic mass is 9.96. The Morgan fingerprint density at radius 2 is 2.17 bits per heavy atom. The van der Waals surface area contributed by atoms with Crippen molar-refractivity contribution in [3.8, 4) is 0 Å². The number of aliphatic imine (C=N–C) groups is 1. The molecule has 0 aliphatic heterocycles. The summed E-state index contributed by atoms with van der Waals surface area (Å²) in [6.07, 6.45) is 2.25. The normalized spacial score (nSPS) is 17.7. The molecule has 0 saturated heterocycles. The SMILES string of the molecule is CN(C)C(N)=NCC1(c2ccc(Br)cc2Cl)CC1. The van der Waals surface area contributed by atoms with Gasteiger partial charge >= 0.3 is 0 Å². The molecule has 1 aliphatic carbocycles. The smallest absolute Gasteiger partial charge is 0.190 e. The van der Waals surface area contributed by atoms with Gasteiger partial charge in [0.15, 0.2) is 5.96 Å². The fraction of sp³-hybridized carbons (Fsp3) is 0.462. The Hall–Kier alpha value is -0.740. The molecular formula is C13H17BrClN3. The maximum atomic E-state index is 6.31. The zero-order chi connectivity index (χ0) is 13.3. The van der Waals surface area contributed by atoms with Crippen molar-refractivity contribution in [2.45, 2.75) is 18.3 Å². The van der Waals surface area contributed by atoms with E-state index in [9.17, 15) is 0 Å². The summed E-state index contributed by atoms with van der Waals surface area (Å²) in [5.41, 5.74) is 7.11. The second-order valence-electron chi connectivity index (χ2n) is 4.97. The maximum absolute atomic E-state index is 6.31. The Morgan fingerprint density at radius 3 is 2.67 bits per heavy atom. The van der Waals surface area contributed by atoms with E-state index in [0.717, 1.165) is 22.3 Å². The fourth-order valence-corrected chi connectivity index (χ4v) is 2.83. The van der Waals surface area contributed by atoms with Gasteiger partial charge in [0.1, 0.15) is 0 Å². The van der Waals surface area contributed by atoms with E-state index in [4.69, 9.17) is 17.3 Å². The molecule has 1 aromatic rings. The van der Waals surface area contributed by atoms with E-state index in [-0.39, 0.29) is 5.41 Å². The zero-order valence-corrected chi connectivity index (χ0v) is 12.9. The van der Waals surface area contributed by atoms with Gasteiger partial charge in [0.05, 0.1) is 6.54 Å². The van der Waals surface area contributed by atoms with Crippen molar-refractivity contribution in [1.29, 1.82) is 0 Å². The molecule has 0 radical (unpaired) electrons. The third-order valence-corrected chi connectivity index (χ3v) is 4.16. The Bertz CT molecular complexity index is 481. The molecule has 1 aromatic carbocycles. The molecule has 1 aliphatic rings. The molecule has 0 bridgehead atoms. The highest BCUT2D eigenvalue weighted by Crippen LogP contribution is 2.51. The monoisotopic (exact) mass is 329 g/mol. The van der Waals surface area contributed by atoms with E-state index < -0.39 is 0 Å². The number of hydrogen-bond acceptors (Lipinski definition) is 1. The topological polar surface area (TPSA) is 41.6 Å². The summed E-state index contributed by atoms with van der Waals surface area (Å²) in [7, 11) is 3.79. The number of halogens is 2. The summed E-state index contributed by atoms with van der Waals surface area (Å²) in [5.74, 6) is 0.564. The Morgan fingerprint density at radius 1 is 1.50 bits per heavy atom. The molecule has 0 spiro atoms. The van der Waals surface area contributed by atoms with Crippen molar-refractivity contribution in [3.63, 3.8) is 0 Å². The average Bonchev–Trinajstić information content (AvgIpc) is 3.06. The van der Waals surface area contributed by atoms with Gasteiger partial charge in [-0.15, -0.1) is 0 Å². The zero-order valence-electron chi connectivity index (χ0n) is 10.6. The van der Waals surface area contributed by atoms with Crippen molar-refractivity contribution >= 4 is 33.5 Å². The first kappa shape index (κ1) is 13.7. The van der Waals surface area contributed by atoms with Crippen LogP contribution in [-0.4, -0.2) is 31.5 Å². The van der Waals surface area contributed by atoms with E-state index in [2.05, 4.69) is 27.0 Å². The molecule has 1 saturated carbocycles. The maximum Gasteiger partial charge on any atom is 0.190 e. The molecule has 0 aromatic heterocycles. The van der Waals surface area contributed by atoms with Crippen LogP contribution in [0.25, 0.3) is 0 Å². The molecule has 0 unspecified atom stereocenters. The van der Waals surface area contributed by atoms with Crippen molar-refractivity contribution < 1.29 is 0 Å². The number of rotatable bonds is 3. The van der Waals surface area contributed by atoms with Gasteiger partial charge in [0.2, 0.25) is 0 Å². The summed E-state index contributed by atoms with van der Waals surface area (Å²) in [6.45, 7) is 0.707. The first-order chi connectivity index (χ1) is 8.44. The van der Waals surface area contributed by atoms with Gasteiger partial charge in [-0.05, 0) is 30.5 Å². The number of benzene rings is 1. The quantitative estimate of drug-likeness (QED) is 0.684. The van der Waals surface area contributed by atoms with Crippen molar-refractivity contribution in [3.05, 3.63) is 33.3 Å². The third kappa shape index (κ3) is 2.81. The molecule has 2 rings (SSSR count). The lowest BCUT2D eigenvalue weighted by molar-refractivity contribution is 0.599. The van der Waals surface area contributed by atoms with Crippen molar-refractivity contribution in [1.82, 2.24) is 4.90 Å². The predicted octanol–water partition coefficient (Wildman–Crippen LogP) is 3.01. The van der Waals surface area contributed by atoms with Crippen molar-refractivity contribution in [2.24, 2.45) is 10.7 Å². The van der Waals surface area contributed by atoms with E-state index in [0.29, 0.717) is 12.5 Å². The molecule has 5 heteroatoms. The highest BCUT2D eigenvalue weighted by molar-refractivity contribution is 9.10. The number of guanidine groups is 1. The average molecular weight is 331 g/mol. The van der Waals surface area contributed by atoms with Crippen LogP contribution in [-0.2, 0) is 5.41 Å². The Labute approximate surface area is 121 Å². The summed E-state index contributed by atoms with van der Waals surface area (Å²) in [6, 6.07) is 6.05. The highest BCUT2D eigenvalue weighted by Gasteiger charge is 2.45. The van der Waals surface area contributed by atoms with Gasteiger partial charge in [-0.1, -0.05) is 33.6 Å². The number of nitrogens with two attached hydrogens (primary N) is 1. The molecule has 18 heavy (non-hydrogen) atoms. The van der Waals surface area contributed by atoms with Crippen LogP contribution in [0.1, 0.15) is 18.4 Å². The van der Waals surface area contributed by atoms with Crippen LogP contribution in [0.3, 0.4) is 0 Å². The van der Waals surface area contributed by atoms with Gasteiger partial charge in [-0.3, -0.25) is 4.99 Å². The minimum absolute atomic E-state index is 0.0956. The van der Waals surface area contributed by atoms with E-state index in [1.54, 1.807) is 0 Å². The van der Waals surface area contributed by atoms with Crippen LogP contribution in [0, 0.1) is 0 Å². The Balaban J connectivity index is 2.19. The second-order valence-corrected chi connectivity index (χ2v) is 6.30. The van der Waals surface area contributed by atoms with E-state index in [1.807, 2.05) is 31.1 Å². The van der Waals surface area contributed by atoms with E-state index >= 15 is 0 Å². The van der Waals surface area contributed by atoms with Gasteiger partial charge in [-0.2, -0.15) is 0 Å².